The molecule has 0 saturated carbocycles. The summed E-state index contributed by atoms with van der Waals surface area (Å²) in [5.41, 5.74) is 1.60. The minimum Gasteiger partial charge on any atom is -0.332 e. The largest absolute Gasteiger partial charge is 0.332 e. The normalized spacial score (nSPS) is 19.6. The van der Waals surface area contributed by atoms with E-state index in [1.807, 2.05) is 29.7 Å². The average molecular weight is 433 g/mol. The molecule has 1 atom stereocenters. The fraction of sp³-hybridized carbons (Fsp3) is 0.647. The quantitative estimate of drug-likeness (QED) is 0.806. The number of hydrogen-bond acceptors (Lipinski definition) is 6. The summed E-state index contributed by atoms with van der Waals surface area (Å²) in [6.45, 7) is 4.01. The van der Waals surface area contributed by atoms with Gasteiger partial charge in [0, 0.05) is 7.05 Å². The number of thiazole rings is 1. The molecule has 27 heavy (non-hydrogen) atoms. The third-order valence-electron chi connectivity index (χ3n) is 5.23. The molecule has 1 fully saturated rings. The van der Waals surface area contributed by atoms with Crippen LogP contribution in [0.15, 0.2) is 6.20 Å². The van der Waals surface area contributed by atoms with Crippen LogP contribution in [0.25, 0.3) is 0 Å². The zero-order valence-corrected chi connectivity index (χ0v) is 18.0. The van der Waals surface area contributed by atoms with Crippen molar-refractivity contribution in [3.63, 3.8) is 0 Å². The number of hydrogen-bond donors (Lipinski definition) is 1. The molecule has 150 valence electrons. The number of aryl methyl sites for hydroxylation is 2. The van der Waals surface area contributed by atoms with Crippen LogP contribution in [0, 0.1) is 6.92 Å². The first-order valence-corrected chi connectivity index (χ1v) is 9.81. The Hall–Kier alpha value is -1.22. The fourth-order valence-corrected chi connectivity index (χ4v) is 4.99. The van der Waals surface area contributed by atoms with E-state index in [-0.39, 0.29) is 36.8 Å². The lowest BCUT2D eigenvalue weighted by Crippen LogP contribution is -2.33. The van der Waals surface area contributed by atoms with Gasteiger partial charge in [-0.15, -0.1) is 41.2 Å². The van der Waals surface area contributed by atoms with Crippen LogP contribution < -0.4 is 5.32 Å². The fourth-order valence-electron chi connectivity index (χ4n) is 3.84. The molecular weight excluding hydrogens is 407 g/mol. The van der Waals surface area contributed by atoms with Gasteiger partial charge in [-0.1, -0.05) is 5.21 Å². The Balaban J connectivity index is 0.00000131. The van der Waals surface area contributed by atoms with Crippen LogP contribution in [0.3, 0.4) is 0 Å². The number of nitrogens with one attached hydrogen (secondary N) is 1. The second-order valence-electron chi connectivity index (χ2n) is 6.93. The molecule has 0 bridgehead atoms. The van der Waals surface area contributed by atoms with Gasteiger partial charge >= 0.3 is 0 Å². The summed E-state index contributed by atoms with van der Waals surface area (Å²) < 4.78 is 1.87. The van der Waals surface area contributed by atoms with E-state index < -0.39 is 0 Å². The van der Waals surface area contributed by atoms with Crippen molar-refractivity contribution in [3.05, 3.63) is 27.5 Å². The predicted molar refractivity (Wildman–Crippen MR) is 110 cm³/mol. The number of carbonyl (C=O) groups excluding carboxylic acids is 1. The number of aromatic nitrogens is 4. The minimum absolute atomic E-state index is 0. The van der Waals surface area contributed by atoms with Gasteiger partial charge in [-0.2, -0.15) is 0 Å². The second-order valence-corrected chi connectivity index (χ2v) is 8.17. The summed E-state index contributed by atoms with van der Waals surface area (Å²) in [5, 5.41) is 12.8. The summed E-state index contributed by atoms with van der Waals surface area (Å²) in [6.07, 6.45) is 6.94. The zero-order valence-electron chi connectivity index (χ0n) is 15.6. The highest BCUT2D eigenvalue weighted by Crippen LogP contribution is 2.37. The number of halogens is 2. The van der Waals surface area contributed by atoms with Gasteiger partial charge in [0.2, 0.25) is 0 Å². The summed E-state index contributed by atoms with van der Waals surface area (Å²) >= 11 is 1.71. The van der Waals surface area contributed by atoms with E-state index in [2.05, 4.69) is 20.6 Å². The van der Waals surface area contributed by atoms with E-state index in [1.165, 1.54) is 4.88 Å². The first-order chi connectivity index (χ1) is 12.1. The molecule has 2 aromatic rings. The molecule has 7 nitrogen and oxygen atoms in total. The van der Waals surface area contributed by atoms with Crippen molar-refractivity contribution < 1.29 is 4.79 Å². The first kappa shape index (κ1) is 22.1. The van der Waals surface area contributed by atoms with Gasteiger partial charge in [-0.25, -0.2) is 9.67 Å². The second kappa shape index (κ2) is 9.32. The Kier molecular flexibility index (Phi) is 7.62. The van der Waals surface area contributed by atoms with E-state index in [4.69, 9.17) is 0 Å². The third-order valence-corrected chi connectivity index (χ3v) is 6.34. The van der Waals surface area contributed by atoms with Crippen molar-refractivity contribution in [1.29, 1.82) is 0 Å². The van der Waals surface area contributed by atoms with E-state index in [1.54, 1.807) is 11.3 Å². The summed E-state index contributed by atoms with van der Waals surface area (Å²) in [5.74, 6) is -0.0518. The summed E-state index contributed by atoms with van der Waals surface area (Å²) in [6, 6.07) is 0.442. The van der Waals surface area contributed by atoms with Gasteiger partial charge in [0.15, 0.2) is 5.69 Å². The third kappa shape index (κ3) is 4.45. The molecule has 0 aromatic carbocycles. The maximum Gasteiger partial charge on any atom is 0.276 e. The van der Waals surface area contributed by atoms with Crippen molar-refractivity contribution >= 4 is 42.1 Å². The molecule has 1 aliphatic carbocycles. The lowest BCUT2D eigenvalue weighted by molar-refractivity contribution is 0.0712. The molecule has 3 heterocycles. The average Bonchev–Trinajstić information content (AvgIpc) is 3.26. The monoisotopic (exact) mass is 432 g/mol. The van der Waals surface area contributed by atoms with Crippen LogP contribution in [0.2, 0.25) is 0 Å². The summed E-state index contributed by atoms with van der Waals surface area (Å²) in [4.78, 5) is 20.6. The number of nitrogens with zero attached hydrogens (tertiary/aromatic N) is 5. The predicted octanol–water partition coefficient (Wildman–Crippen LogP) is 2.96. The SMILES string of the molecule is Cc1nc2c(s1)C(N(C)C(=O)c1cn(C3CCNCC3)nn1)CCC2.Cl.Cl. The van der Waals surface area contributed by atoms with Gasteiger partial charge in [0.1, 0.15) is 0 Å². The number of rotatable bonds is 3. The van der Waals surface area contributed by atoms with Crippen LogP contribution in [0.1, 0.15) is 63.8 Å². The number of piperidine rings is 1. The Morgan fingerprint density at radius 1 is 1.30 bits per heavy atom. The maximum absolute atomic E-state index is 12.9. The van der Waals surface area contributed by atoms with Gasteiger partial charge in [0.05, 0.1) is 33.9 Å². The highest BCUT2D eigenvalue weighted by atomic mass is 35.5. The molecule has 1 amide bonds. The molecule has 0 spiro atoms. The van der Waals surface area contributed by atoms with E-state index in [0.717, 1.165) is 55.9 Å². The van der Waals surface area contributed by atoms with Crippen molar-refractivity contribution in [2.75, 3.05) is 20.1 Å². The molecule has 0 radical (unpaired) electrons. The Morgan fingerprint density at radius 2 is 2.04 bits per heavy atom. The molecule has 10 heteroatoms. The number of carbonyl (C=O) groups is 1. The van der Waals surface area contributed by atoms with E-state index in [0.29, 0.717) is 11.7 Å². The van der Waals surface area contributed by atoms with Gasteiger partial charge < -0.3 is 10.2 Å². The van der Waals surface area contributed by atoms with Crippen molar-refractivity contribution in [1.82, 2.24) is 30.2 Å². The maximum atomic E-state index is 12.9. The Morgan fingerprint density at radius 3 is 2.78 bits per heavy atom. The Labute approximate surface area is 175 Å². The van der Waals surface area contributed by atoms with Crippen molar-refractivity contribution in [2.24, 2.45) is 0 Å². The van der Waals surface area contributed by atoms with E-state index >= 15 is 0 Å². The number of amides is 1. The van der Waals surface area contributed by atoms with Crippen molar-refractivity contribution in [3.8, 4) is 0 Å². The van der Waals surface area contributed by atoms with E-state index in [9.17, 15) is 4.79 Å². The lowest BCUT2D eigenvalue weighted by Gasteiger charge is -2.30. The lowest BCUT2D eigenvalue weighted by atomic mass is 9.97. The number of fused-ring (bicyclic) bond motifs is 1. The Bertz CT molecular complexity index is 773. The molecule has 1 unspecified atom stereocenters. The van der Waals surface area contributed by atoms with Crippen molar-refractivity contribution in [2.45, 2.75) is 51.1 Å². The summed E-state index contributed by atoms with van der Waals surface area (Å²) in [7, 11) is 1.88. The molecule has 1 N–H and O–H groups in total. The van der Waals surface area contributed by atoms with Crippen LogP contribution in [0.5, 0.6) is 0 Å². The smallest absolute Gasteiger partial charge is 0.276 e. The van der Waals surface area contributed by atoms with Crippen LogP contribution in [-0.2, 0) is 6.42 Å². The topological polar surface area (TPSA) is 75.9 Å². The van der Waals surface area contributed by atoms with Crippen LogP contribution >= 0.6 is 36.2 Å². The van der Waals surface area contributed by atoms with Crippen LogP contribution in [-0.4, -0.2) is 50.9 Å². The van der Waals surface area contributed by atoms with Gasteiger partial charge in [0.25, 0.3) is 5.91 Å². The van der Waals surface area contributed by atoms with Gasteiger partial charge in [-0.05, 0) is 52.1 Å². The molecular formula is C17H26Cl2N6OS. The van der Waals surface area contributed by atoms with Gasteiger partial charge in [-0.3, -0.25) is 4.79 Å². The molecule has 1 aliphatic heterocycles. The molecule has 4 rings (SSSR count). The zero-order chi connectivity index (χ0) is 17.4. The molecule has 1 saturated heterocycles. The first-order valence-electron chi connectivity index (χ1n) is 8.99. The highest BCUT2D eigenvalue weighted by molar-refractivity contribution is 7.11. The van der Waals surface area contributed by atoms with Crippen LogP contribution in [0.4, 0.5) is 0 Å². The molecule has 2 aromatic heterocycles. The molecule has 2 aliphatic rings. The highest BCUT2D eigenvalue weighted by Gasteiger charge is 2.31. The minimum atomic E-state index is -0.0518. The standard InChI is InChI=1S/C17H24N6OS.2ClH/c1-11-19-13-4-3-5-15(16(13)25-11)22(2)17(24)14-10-23(21-20-14)12-6-8-18-9-7-12;;/h10,12,15,18H,3-9H2,1-2H3;2*1H.